The minimum atomic E-state index is -0.108. The highest BCUT2D eigenvalue weighted by Crippen LogP contribution is 2.09. The van der Waals surface area contributed by atoms with Crippen LogP contribution in [0.5, 0.6) is 0 Å². The number of hydrogen-bond donors (Lipinski definition) is 3. The van der Waals surface area contributed by atoms with E-state index >= 15 is 0 Å². The maximum atomic E-state index is 11.3. The van der Waals surface area contributed by atoms with Crippen LogP contribution in [0.2, 0.25) is 0 Å². The topological polar surface area (TPSA) is 70.4 Å². The average molecular weight is 216 g/mol. The van der Waals surface area contributed by atoms with Crippen molar-refractivity contribution in [3.63, 3.8) is 0 Å². The van der Waals surface area contributed by atoms with Crippen LogP contribution in [0.1, 0.15) is 20.3 Å². The molecule has 0 aromatic heterocycles. The fraction of sp³-hybridized carbons (Fsp3) is 0.900. The van der Waals surface area contributed by atoms with E-state index in [1.54, 1.807) is 0 Å². The number of nitrogens with two attached hydrogens (primary N) is 1. The number of carbonyl (C=O) groups excluding carboxylic acids is 1. The van der Waals surface area contributed by atoms with E-state index in [0.717, 1.165) is 19.5 Å². The molecule has 0 fully saturated rings. The smallest absolute Gasteiger partial charge is 0.238 e. The average Bonchev–Trinajstić information content (AvgIpc) is 2.26. The van der Waals surface area contributed by atoms with Crippen molar-refractivity contribution in [1.29, 1.82) is 0 Å². The summed E-state index contributed by atoms with van der Waals surface area (Å²) < 4.78 is 0. The maximum Gasteiger partial charge on any atom is 0.238 e. The van der Waals surface area contributed by atoms with Gasteiger partial charge in [-0.2, -0.15) is 0 Å². The van der Waals surface area contributed by atoms with E-state index in [4.69, 9.17) is 5.84 Å². The van der Waals surface area contributed by atoms with E-state index in [-0.39, 0.29) is 17.9 Å². The molecule has 5 nitrogen and oxygen atoms in total. The van der Waals surface area contributed by atoms with Gasteiger partial charge in [0.15, 0.2) is 0 Å². The fourth-order valence-electron chi connectivity index (χ4n) is 1.44. The van der Waals surface area contributed by atoms with E-state index in [2.05, 4.69) is 15.6 Å². The molecule has 0 aliphatic heterocycles. The molecule has 0 aromatic carbocycles. The maximum absolute atomic E-state index is 11.3. The summed E-state index contributed by atoms with van der Waals surface area (Å²) in [6.07, 6.45) is 1.08. The molecule has 0 bridgehead atoms. The summed E-state index contributed by atoms with van der Waals surface area (Å²) in [5, 5.41) is 3.10. The highest BCUT2D eigenvalue weighted by molar-refractivity contribution is 5.78. The number of amides is 1. The van der Waals surface area contributed by atoms with Gasteiger partial charge in [-0.25, -0.2) is 5.84 Å². The molecule has 0 aliphatic carbocycles. The van der Waals surface area contributed by atoms with Crippen molar-refractivity contribution >= 4 is 5.91 Å². The third-order valence-corrected chi connectivity index (χ3v) is 2.91. The molecule has 0 saturated carbocycles. The van der Waals surface area contributed by atoms with Gasteiger partial charge in [-0.05, 0) is 40.5 Å². The minimum Gasteiger partial charge on any atom is -0.320 e. The first-order valence-electron chi connectivity index (χ1n) is 5.39. The fourth-order valence-corrected chi connectivity index (χ4v) is 1.44. The molecule has 0 aromatic rings. The Bertz CT molecular complexity index is 186. The molecular weight excluding hydrogens is 192 g/mol. The quantitative estimate of drug-likeness (QED) is 0.233. The first kappa shape index (κ1) is 14.3. The molecular formula is C10H24N4O. The zero-order valence-corrected chi connectivity index (χ0v) is 10.2. The van der Waals surface area contributed by atoms with Gasteiger partial charge in [0.2, 0.25) is 5.91 Å². The van der Waals surface area contributed by atoms with Gasteiger partial charge in [0.25, 0.3) is 0 Å². The van der Waals surface area contributed by atoms with Gasteiger partial charge in [-0.15, -0.1) is 0 Å². The zero-order valence-electron chi connectivity index (χ0n) is 10.2. The molecule has 0 saturated heterocycles. The number of rotatable bonds is 7. The van der Waals surface area contributed by atoms with E-state index < -0.39 is 0 Å². The van der Waals surface area contributed by atoms with Crippen molar-refractivity contribution < 1.29 is 4.79 Å². The lowest BCUT2D eigenvalue weighted by Crippen LogP contribution is -2.45. The Morgan fingerprint density at radius 2 is 2.07 bits per heavy atom. The third kappa shape index (κ3) is 5.11. The second kappa shape index (κ2) is 7.62. The van der Waals surface area contributed by atoms with Gasteiger partial charge in [0.1, 0.15) is 0 Å². The lowest BCUT2D eigenvalue weighted by Gasteiger charge is -2.28. The summed E-state index contributed by atoms with van der Waals surface area (Å²) >= 11 is 0. The molecule has 2 atom stereocenters. The van der Waals surface area contributed by atoms with Crippen LogP contribution in [0.3, 0.4) is 0 Å². The largest absolute Gasteiger partial charge is 0.320 e. The summed E-state index contributed by atoms with van der Waals surface area (Å²) in [5.41, 5.74) is 2.19. The third-order valence-electron chi connectivity index (χ3n) is 2.91. The highest BCUT2D eigenvalue weighted by Gasteiger charge is 2.22. The Morgan fingerprint density at radius 1 is 1.47 bits per heavy atom. The Balaban J connectivity index is 3.95. The molecule has 0 aliphatic rings. The molecule has 0 heterocycles. The number of nitrogens with one attached hydrogen (secondary N) is 2. The van der Waals surface area contributed by atoms with Crippen LogP contribution in [-0.2, 0) is 4.79 Å². The van der Waals surface area contributed by atoms with Crippen LogP contribution < -0.4 is 16.6 Å². The normalized spacial score (nSPS) is 15.1. The minimum absolute atomic E-state index is 0.0883. The Hall–Kier alpha value is -0.650. The molecule has 4 N–H and O–H groups in total. The van der Waals surface area contributed by atoms with Gasteiger partial charge in [0, 0.05) is 6.04 Å². The molecule has 2 unspecified atom stereocenters. The lowest BCUT2D eigenvalue weighted by molar-refractivity contribution is -0.126. The SMILES string of the molecule is CNCCCN(C)C(C)C(C)C(=O)NN. The van der Waals surface area contributed by atoms with Gasteiger partial charge in [-0.1, -0.05) is 6.92 Å². The van der Waals surface area contributed by atoms with Crippen molar-refractivity contribution in [2.24, 2.45) is 11.8 Å². The van der Waals surface area contributed by atoms with Crippen molar-refractivity contribution in [2.75, 3.05) is 27.2 Å². The van der Waals surface area contributed by atoms with Crippen LogP contribution >= 0.6 is 0 Å². The molecule has 1 amide bonds. The van der Waals surface area contributed by atoms with Crippen molar-refractivity contribution in [1.82, 2.24) is 15.6 Å². The summed E-state index contributed by atoms with van der Waals surface area (Å²) in [6.45, 7) is 5.90. The monoisotopic (exact) mass is 216 g/mol. The summed E-state index contributed by atoms with van der Waals surface area (Å²) in [5.74, 6) is 4.91. The molecule has 15 heavy (non-hydrogen) atoms. The van der Waals surface area contributed by atoms with Gasteiger partial charge in [0.05, 0.1) is 5.92 Å². The van der Waals surface area contributed by atoms with E-state index in [9.17, 15) is 4.79 Å². The molecule has 0 radical (unpaired) electrons. The van der Waals surface area contributed by atoms with Gasteiger partial charge < -0.3 is 10.2 Å². The van der Waals surface area contributed by atoms with Crippen molar-refractivity contribution in [3.8, 4) is 0 Å². The number of hydrazine groups is 1. The van der Waals surface area contributed by atoms with Crippen molar-refractivity contribution in [3.05, 3.63) is 0 Å². The van der Waals surface area contributed by atoms with E-state index in [0.29, 0.717) is 0 Å². The van der Waals surface area contributed by atoms with E-state index in [1.165, 1.54) is 0 Å². The number of nitrogens with zero attached hydrogens (tertiary/aromatic N) is 1. The number of hydrogen-bond acceptors (Lipinski definition) is 4. The molecule has 0 rings (SSSR count). The second-order valence-corrected chi connectivity index (χ2v) is 3.98. The predicted octanol–water partition coefficient (Wildman–Crippen LogP) is -0.458. The molecule has 0 spiro atoms. The molecule has 5 heteroatoms. The Morgan fingerprint density at radius 3 is 2.53 bits per heavy atom. The van der Waals surface area contributed by atoms with Gasteiger partial charge >= 0.3 is 0 Å². The van der Waals surface area contributed by atoms with Crippen LogP contribution in [0.15, 0.2) is 0 Å². The summed E-state index contributed by atoms with van der Waals surface area (Å²) in [6, 6.07) is 0.199. The highest BCUT2D eigenvalue weighted by atomic mass is 16.2. The first-order valence-corrected chi connectivity index (χ1v) is 5.39. The summed E-state index contributed by atoms with van der Waals surface area (Å²) in [7, 11) is 3.97. The van der Waals surface area contributed by atoms with Gasteiger partial charge in [-0.3, -0.25) is 10.2 Å². The van der Waals surface area contributed by atoms with Crippen LogP contribution in [-0.4, -0.2) is 44.0 Å². The summed E-state index contributed by atoms with van der Waals surface area (Å²) in [4.78, 5) is 13.5. The lowest BCUT2D eigenvalue weighted by atomic mass is 10.0. The standard InChI is InChI=1S/C10H24N4O/c1-8(10(15)13-11)9(2)14(4)7-5-6-12-3/h8-9,12H,5-7,11H2,1-4H3,(H,13,15). The van der Waals surface area contributed by atoms with Crippen LogP contribution in [0, 0.1) is 5.92 Å². The Kier molecular flexibility index (Phi) is 7.29. The predicted molar refractivity (Wildman–Crippen MR) is 62.1 cm³/mol. The zero-order chi connectivity index (χ0) is 11.8. The first-order chi connectivity index (χ1) is 7.04. The molecule has 90 valence electrons. The van der Waals surface area contributed by atoms with Crippen LogP contribution in [0.25, 0.3) is 0 Å². The van der Waals surface area contributed by atoms with Crippen LogP contribution in [0.4, 0.5) is 0 Å². The second-order valence-electron chi connectivity index (χ2n) is 3.98. The van der Waals surface area contributed by atoms with Crippen molar-refractivity contribution in [2.45, 2.75) is 26.3 Å². The number of carbonyl (C=O) groups is 1. The van der Waals surface area contributed by atoms with E-state index in [1.807, 2.05) is 27.9 Å². The Labute approximate surface area is 92.4 Å².